The standard InChI is InChI=1S/C31H25N5/c32-28-8-4-5-25(19-30(28)34)23-13-9-21(10-14-23)22-11-15-24(16-12-22)26-17-18-29(33)31(20-26)36-35-27-6-2-1-3-7-27/h1-7,9-20,32,34H,8,33H2. The van der Waals surface area contributed by atoms with Crippen molar-refractivity contribution in [2.45, 2.75) is 6.42 Å². The third-order valence-corrected chi connectivity index (χ3v) is 6.07. The molecule has 5 nitrogen and oxygen atoms in total. The Labute approximate surface area is 210 Å². The molecular formula is C31H25N5. The molecule has 0 bridgehead atoms. The second kappa shape index (κ2) is 10.2. The van der Waals surface area contributed by atoms with Gasteiger partial charge in [-0.15, -0.1) is 5.11 Å². The van der Waals surface area contributed by atoms with Crippen LogP contribution in [0.25, 0.3) is 27.8 Å². The Balaban J connectivity index is 1.35. The maximum Gasteiger partial charge on any atom is 0.109 e. The summed E-state index contributed by atoms with van der Waals surface area (Å²) in [6, 6.07) is 32.1. The minimum Gasteiger partial charge on any atom is -0.397 e. The van der Waals surface area contributed by atoms with E-state index < -0.39 is 0 Å². The number of nitrogens with zero attached hydrogens (tertiary/aromatic N) is 2. The molecule has 4 N–H and O–H groups in total. The lowest BCUT2D eigenvalue weighted by Gasteiger charge is -2.08. The molecule has 0 fully saturated rings. The SMILES string of the molecule is N=C1C=C(c2ccc(-c3ccc(-c4ccc(N)c(N=Nc5ccccc5)c4)cc3)cc2)C=CCC1=N. The molecule has 0 aromatic heterocycles. The fourth-order valence-corrected chi connectivity index (χ4v) is 4.01. The minimum atomic E-state index is 0.266. The average molecular weight is 468 g/mol. The molecule has 4 aromatic rings. The monoisotopic (exact) mass is 467 g/mol. The van der Waals surface area contributed by atoms with E-state index in [1.165, 1.54) is 0 Å². The summed E-state index contributed by atoms with van der Waals surface area (Å²) in [5.74, 6) is 0. The Morgan fingerprint density at radius 1 is 0.639 bits per heavy atom. The van der Waals surface area contributed by atoms with E-state index in [2.05, 4.69) is 58.8 Å². The number of nitrogens with two attached hydrogens (primary N) is 1. The topological polar surface area (TPSA) is 98.4 Å². The maximum absolute atomic E-state index is 8.01. The molecule has 1 aliphatic carbocycles. The van der Waals surface area contributed by atoms with Gasteiger partial charge >= 0.3 is 0 Å². The molecule has 0 saturated heterocycles. The number of anilines is 1. The van der Waals surface area contributed by atoms with Crippen LogP contribution in [-0.4, -0.2) is 11.4 Å². The number of azo groups is 1. The van der Waals surface area contributed by atoms with Gasteiger partial charge in [-0.25, -0.2) is 0 Å². The minimum absolute atomic E-state index is 0.266. The van der Waals surface area contributed by atoms with E-state index in [-0.39, 0.29) is 5.71 Å². The van der Waals surface area contributed by atoms with Gasteiger partial charge < -0.3 is 11.1 Å². The average Bonchev–Trinajstić information content (AvgIpc) is 3.09. The molecule has 5 heteroatoms. The van der Waals surface area contributed by atoms with Crippen LogP contribution in [0.4, 0.5) is 17.1 Å². The normalized spacial score (nSPS) is 13.6. The second-order valence-electron chi connectivity index (χ2n) is 8.56. The summed E-state index contributed by atoms with van der Waals surface area (Å²) < 4.78 is 0. The lowest BCUT2D eigenvalue weighted by molar-refractivity contribution is 1.23. The molecule has 4 aromatic carbocycles. The van der Waals surface area contributed by atoms with E-state index >= 15 is 0 Å². The third-order valence-electron chi connectivity index (χ3n) is 6.07. The van der Waals surface area contributed by atoms with Crippen molar-refractivity contribution in [3.8, 4) is 22.3 Å². The zero-order valence-corrected chi connectivity index (χ0v) is 19.6. The summed E-state index contributed by atoms with van der Waals surface area (Å²) in [5.41, 5.74) is 15.0. The number of hydrogen-bond acceptors (Lipinski definition) is 5. The highest BCUT2D eigenvalue weighted by Crippen LogP contribution is 2.32. The number of rotatable bonds is 5. The molecule has 0 heterocycles. The van der Waals surface area contributed by atoms with E-state index in [1.807, 2.05) is 60.7 Å². The number of allylic oxidation sites excluding steroid dienone is 4. The van der Waals surface area contributed by atoms with Gasteiger partial charge in [-0.2, -0.15) is 5.11 Å². The van der Waals surface area contributed by atoms with Gasteiger partial charge in [-0.1, -0.05) is 84.9 Å². The Morgan fingerprint density at radius 3 is 1.89 bits per heavy atom. The Kier molecular flexibility index (Phi) is 6.45. The van der Waals surface area contributed by atoms with Crippen molar-refractivity contribution in [3.63, 3.8) is 0 Å². The van der Waals surface area contributed by atoms with Crippen molar-refractivity contribution in [3.05, 3.63) is 121 Å². The molecule has 5 rings (SSSR count). The van der Waals surface area contributed by atoms with E-state index in [9.17, 15) is 0 Å². The van der Waals surface area contributed by atoms with Crippen LogP contribution in [0.5, 0.6) is 0 Å². The zero-order chi connectivity index (χ0) is 24.9. The summed E-state index contributed by atoms with van der Waals surface area (Å²) in [5, 5.41) is 24.5. The van der Waals surface area contributed by atoms with Crippen molar-refractivity contribution in [1.82, 2.24) is 0 Å². The summed E-state index contributed by atoms with van der Waals surface area (Å²) in [6.45, 7) is 0. The first-order valence-electron chi connectivity index (χ1n) is 11.7. The lowest BCUT2D eigenvalue weighted by atomic mass is 9.97. The van der Waals surface area contributed by atoms with Crippen LogP contribution in [0.15, 0.2) is 126 Å². The van der Waals surface area contributed by atoms with Gasteiger partial charge in [0.15, 0.2) is 0 Å². The highest BCUT2D eigenvalue weighted by molar-refractivity contribution is 6.46. The lowest BCUT2D eigenvalue weighted by Crippen LogP contribution is -2.06. The van der Waals surface area contributed by atoms with Crippen LogP contribution in [0, 0.1) is 10.8 Å². The van der Waals surface area contributed by atoms with Crippen molar-refractivity contribution in [2.75, 3.05) is 5.73 Å². The molecule has 0 amide bonds. The number of nitrogen functional groups attached to an aromatic ring is 1. The first-order chi connectivity index (χ1) is 17.6. The largest absolute Gasteiger partial charge is 0.397 e. The van der Waals surface area contributed by atoms with Gasteiger partial charge in [-0.3, -0.25) is 5.41 Å². The van der Waals surface area contributed by atoms with Gasteiger partial charge in [-0.05, 0) is 63.7 Å². The summed E-state index contributed by atoms with van der Waals surface area (Å²) in [4.78, 5) is 0. The Bertz CT molecular complexity index is 1510. The van der Waals surface area contributed by atoms with E-state index in [1.54, 1.807) is 6.08 Å². The summed E-state index contributed by atoms with van der Waals surface area (Å²) in [7, 11) is 0. The van der Waals surface area contributed by atoms with Gasteiger partial charge in [0, 0.05) is 6.42 Å². The van der Waals surface area contributed by atoms with Crippen molar-refractivity contribution < 1.29 is 0 Å². The molecular weight excluding hydrogens is 442 g/mol. The van der Waals surface area contributed by atoms with Crippen LogP contribution >= 0.6 is 0 Å². The highest BCUT2D eigenvalue weighted by atomic mass is 15.1. The predicted octanol–water partition coefficient (Wildman–Crippen LogP) is 8.40. The van der Waals surface area contributed by atoms with Gasteiger partial charge in [0.05, 0.1) is 22.8 Å². The summed E-state index contributed by atoms with van der Waals surface area (Å²) in [6.07, 6.45) is 6.18. The number of nitrogens with one attached hydrogen (secondary N) is 2. The maximum atomic E-state index is 8.01. The van der Waals surface area contributed by atoms with E-state index in [0.717, 1.165) is 39.1 Å². The Hall–Kier alpha value is -4.90. The first kappa shape index (κ1) is 22.9. The van der Waals surface area contributed by atoms with Crippen LogP contribution < -0.4 is 5.73 Å². The second-order valence-corrected chi connectivity index (χ2v) is 8.56. The Morgan fingerprint density at radius 2 is 1.22 bits per heavy atom. The zero-order valence-electron chi connectivity index (χ0n) is 19.6. The van der Waals surface area contributed by atoms with Crippen LogP contribution in [-0.2, 0) is 0 Å². The molecule has 0 saturated carbocycles. The number of benzene rings is 4. The predicted molar refractivity (Wildman–Crippen MR) is 150 cm³/mol. The van der Waals surface area contributed by atoms with Crippen LogP contribution in [0.2, 0.25) is 0 Å². The fourth-order valence-electron chi connectivity index (χ4n) is 4.01. The molecule has 1 aliphatic rings. The molecule has 0 radical (unpaired) electrons. The van der Waals surface area contributed by atoms with Gasteiger partial charge in [0.25, 0.3) is 0 Å². The smallest absolute Gasteiger partial charge is 0.109 e. The molecule has 36 heavy (non-hydrogen) atoms. The van der Waals surface area contributed by atoms with Crippen LogP contribution in [0.3, 0.4) is 0 Å². The molecule has 0 aliphatic heterocycles. The van der Waals surface area contributed by atoms with Crippen molar-refractivity contribution in [2.24, 2.45) is 10.2 Å². The highest BCUT2D eigenvalue weighted by Gasteiger charge is 2.09. The van der Waals surface area contributed by atoms with E-state index in [4.69, 9.17) is 16.6 Å². The van der Waals surface area contributed by atoms with Gasteiger partial charge in [0.2, 0.25) is 0 Å². The number of hydrogen-bond donors (Lipinski definition) is 3. The molecule has 174 valence electrons. The van der Waals surface area contributed by atoms with Crippen molar-refractivity contribution in [1.29, 1.82) is 10.8 Å². The van der Waals surface area contributed by atoms with E-state index in [0.29, 0.717) is 23.5 Å². The fraction of sp³-hybridized carbons (Fsp3) is 0.0323. The third kappa shape index (κ3) is 5.10. The summed E-state index contributed by atoms with van der Waals surface area (Å²) >= 11 is 0. The van der Waals surface area contributed by atoms with Crippen LogP contribution in [0.1, 0.15) is 12.0 Å². The molecule has 0 atom stereocenters. The van der Waals surface area contributed by atoms with Crippen molar-refractivity contribution >= 4 is 34.1 Å². The molecule has 0 spiro atoms. The quantitative estimate of drug-likeness (QED) is 0.199. The first-order valence-corrected chi connectivity index (χ1v) is 11.7. The molecule has 0 unspecified atom stereocenters. The van der Waals surface area contributed by atoms with Gasteiger partial charge in [0.1, 0.15) is 5.69 Å².